The van der Waals surface area contributed by atoms with Gasteiger partial charge in [-0.1, -0.05) is 63.6 Å². The van der Waals surface area contributed by atoms with Gasteiger partial charge < -0.3 is 10.6 Å². The highest BCUT2D eigenvalue weighted by atomic mass is 35.5. The lowest BCUT2D eigenvalue weighted by Crippen LogP contribution is -2.28. The van der Waals surface area contributed by atoms with E-state index in [2.05, 4.69) is 20.2 Å². The zero-order valence-electron chi connectivity index (χ0n) is 12.6. The number of halogens is 3. The number of benzene rings is 2. The molecule has 9 heteroatoms. The zero-order valence-corrected chi connectivity index (χ0v) is 15.7. The van der Waals surface area contributed by atoms with Crippen LogP contribution in [0.4, 0.5) is 10.5 Å². The summed E-state index contributed by atoms with van der Waals surface area (Å²) in [5, 5.41) is 12.2. The van der Waals surface area contributed by atoms with E-state index in [-0.39, 0.29) is 10.0 Å². The van der Waals surface area contributed by atoms with Crippen LogP contribution in [0.25, 0.3) is 11.3 Å². The molecule has 0 saturated carbocycles. The van der Waals surface area contributed by atoms with Crippen molar-refractivity contribution in [1.29, 1.82) is 0 Å². The van der Waals surface area contributed by atoms with Crippen molar-refractivity contribution in [2.45, 2.75) is 6.54 Å². The molecule has 2 amide bonds. The number of nitrogens with zero attached hydrogens (tertiary/aromatic N) is 2. The molecule has 0 radical (unpaired) electrons. The Morgan fingerprint density at radius 3 is 2.36 bits per heavy atom. The number of hydrogen-bond acceptors (Lipinski definition) is 4. The van der Waals surface area contributed by atoms with Gasteiger partial charge in [0.05, 0.1) is 15.7 Å². The standard InChI is InChI=1S/C16H11Cl3N4OS/c17-11-5-12(18)15(13(19)6-11)21-16(24)20-7-9-1-3-10(4-2-9)14-8-25-23-22-14/h1-6,8H,7H2,(H2,20,21,24). The highest BCUT2D eigenvalue weighted by Crippen LogP contribution is 2.33. The van der Waals surface area contributed by atoms with Gasteiger partial charge in [-0.3, -0.25) is 0 Å². The average Bonchev–Trinajstić information content (AvgIpc) is 3.11. The summed E-state index contributed by atoms with van der Waals surface area (Å²) < 4.78 is 3.84. The summed E-state index contributed by atoms with van der Waals surface area (Å²) in [7, 11) is 0. The lowest BCUT2D eigenvalue weighted by Gasteiger charge is -2.11. The molecule has 0 spiro atoms. The molecular formula is C16H11Cl3N4OS. The maximum atomic E-state index is 12.0. The van der Waals surface area contributed by atoms with Crippen LogP contribution in [-0.4, -0.2) is 15.6 Å². The van der Waals surface area contributed by atoms with Crippen molar-refractivity contribution in [3.05, 3.63) is 62.4 Å². The minimum Gasteiger partial charge on any atom is -0.334 e. The van der Waals surface area contributed by atoms with E-state index in [1.807, 2.05) is 29.6 Å². The number of carbonyl (C=O) groups is 1. The zero-order chi connectivity index (χ0) is 17.8. The van der Waals surface area contributed by atoms with Crippen LogP contribution in [0.15, 0.2) is 41.8 Å². The van der Waals surface area contributed by atoms with E-state index in [4.69, 9.17) is 34.8 Å². The molecule has 2 aromatic carbocycles. The lowest BCUT2D eigenvalue weighted by molar-refractivity contribution is 0.251. The van der Waals surface area contributed by atoms with E-state index < -0.39 is 6.03 Å². The van der Waals surface area contributed by atoms with Crippen LogP contribution >= 0.6 is 46.3 Å². The first-order valence-corrected chi connectivity index (χ1v) is 9.06. The van der Waals surface area contributed by atoms with Crippen molar-refractivity contribution in [2.75, 3.05) is 5.32 Å². The van der Waals surface area contributed by atoms with Crippen molar-refractivity contribution in [1.82, 2.24) is 14.9 Å². The average molecular weight is 414 g/mol. The summed E-state index contributed by atoms with van der Waals surface area (Å²) in [4.78, 5) is 12.0. The van der Waals surface area contributed by atoms with Crippen LogP contribution < -0.4 is 10.6 Å². The minimum atomic E-state index is -0.418. The van der Waals surface area contributed by atoms with Crippen molar-refractivity contribution in [3.8, 4) is 11.3 Å². The number of rotatable bonds is 4. The van der Waals surface area contributed by atoms with E-state index in [9.17, 15) is 4.79 Å². The predicted octanol–water partition coefficient (Wildman–Crippen LogP) is 5.49. The van der Waals surface area contributed by atoms with Gasteiger partial charge in [0.15, 0.2) is 0 Å². The van der Waals surface area contributed by atoms with Crippen molar-refractivity contribution in [2.24, 2.45) is 0 Å². The molecular weight excluding hydrogens is 403 g/mol. The molecule has 0 fully saturated rings. The summed E-state index contributed by atoms with van der Waals surface area (Å²) in [6.45, 7) is 0.351. The molecule has 1 heterocycles. The fourth-order valence-corrected chi connectivity index (χ4v) is 3.46. The third-order valence-corrected chi connectivity index (χ3v) is 4.63. The Morgan fingerprint density at radius 1 is 1.08 bits per heavy atom. The second-order valence-electron chi connectivity index (χ2n) is 5.04. The lowest BCUT2D eigenvalue weighted by atomic mass is 10.1. The fraction of sp³-hybridized carbons (Fsp3) is 0.0625. The SMILES string of the molecule is O=C(NCc1ccc(-c2csnn2)cc1)Nc1c(Cl)cc(Cl)cc1Cl. The molecule has 0 atom stereocenters. The summed E-state index contributed by atoms with van der Waals surface area (Å²) >= 11 is 19.2. The number of anilines is 1. The quantitative estimate of drug-likeness (QED) is 0.594. The molecule has 25 heavy (non-hydrogen) atoms. The van der Waals surface area contributed by atoms with E-state index >= 15 is 0 Å². The van der Waals surface area contributed by atoms with Gasteiger partial charge in [0, 0.05) is 22.5 Å². The first kappa shape index (κ1) is 17.9. The van der Waals surface area contributed by atoms with Crippen LogP contribution in [-0.2, 0) is 6.54 Å². The minimum absolute atomic E-state index is 0.272. The first-order chi connectivity index (χ1) is 12.0. The Balaban J connectivity index is 1.59. The maximum absolute atomic E-state index is 12.0. The summed E-state index contributed by atoms with van der Waals surface area (Å²) in [6, 6.07) is 10.3. The van der Waals surface area contributed by atoms with E-state index in [0.29, 0.717) is 17.3 Å². The van der Waals surface area contributed by atoms with Gasteiger partial charge in [-0.15, -0.1) is 5.10 Å². The monoisotopic (exact) mass is 412 g/mol. The number of aromatic nitrogens is 2. The normalized spacial score (nSPS) is 10.5. The number of nitrogens with one attached hydrogen (secondary N) is 2. The van der Waals surface area contributed by atoms with E-state index in [0.717, 1.165) is 16.8 Å². The molecule has 2 N–H and O–H groups in total. The van der Waals surface area contributed by atoms with Crippen LogP contribution in [0.1, 0.15) is 5.56 Å². The molecule has 0 unspecified atom stereocenters. The molecule has 5 nitrogen and oxygen atoms in total. The van der Waals surface area contributed by atoms with Gasteiger partial charge in [-0.25, -0.2) is 4.79 Å². The highest BCUT2D eigenvalue weighted by Gasteiger charge is 2.11. The second-order valence-corrected chi connectivity index (χ2v) is 6.90. The molecule has 1 aromatic heterocycles. The number of urea groups is 1. The fourth-order valence-electron chi connectivity index (χ4n) is 2.09. The van der Waals surface area contributed by atoms with Gasteiger partial charge in [0.25, 0.3) is 0 Å². The Bertz CT molecular complexity index is 862. The summed E-state index contributed by atoms with van der Waals surface area (Å²) in [5.41, 5.74) is 3.06. The highest BCUT2D eigenvalue weighted by molar-refractivity contribution is 7.03. The van der Waals surface area contributed by atoms with Gasteiger partial charge >= 0.3 is 6.03 Å². The number of carbonyl (C=O) groups excluding carboxylic acids is 1. The van der Waals surface area contributed by atoms with E-state index in [1.165, 1.54) is 23.7 Å². The number of hydrogen-bond donors (Lipinski definition) is 2. The van der Waals surface area contributed by atoms with Crippen LogP contribution in [0.5, 0.6) is 0 Å². The van der Waals surface area contributed by atoms with Gasteiger partial charge in [0.1, 0.15) is 5.69 Å². The molecule has 0 saturated heterocycles. The van der Waals surface area contributed by atoms with Gasteiger partial charge in [-0.05, 0) is 29.2 Å². The summed E-state index contributed by atoms with van der Waals surface area (Å²) in [6.07, 6.45) is 0. The third-order valence-electron chi connectivity index (χ3n) is 3.31. The molecule has 3 aromatic rings. The Hall–Kier alpha value is -1.86. The van der Waals surface area contributed by atoms with Gasteiger partial charge in [0.2, 0.25) is 0 Å². The van der Waals surface area contributed by atoms with Crippen molar-refractivity contribution < 1.29 is 4.79 Å². The predicted molar refractivity (Wildman–Crippen MR) is 103 cm³/mol. The largest absolute Gasteiger partial charge is 0.334 e. The van der Waals surface area contributed by atoms with Crippen LogP contribution in [0, 0.1) is 0 Å². The Morgan fingerprint density at radius 2 is 1.76 bits per heavy atom. The Labute approximate surface area is 163 Å². The van der Waals surface area contributed by atoms with Crippen molar-refractivity contribution >= 4 is 58.1 Å². The molecule has 128 valence electrons. The van der Waals surface area contributed by atoms with Gasteiger partial charge in [-0.2, -0.15) is 0 Å². The van der Waals surface area contributed by atoms with Crippen LogP contribution in [0.2, 0.25) is 15.1 Å². The topological polar surface area (TPSA) is 66.9 Å². The Kier molecular flexibility index (Phi) is 5.75. The first-order valence-electron chi connectivity index (χ1n) is 7.08. The van der Waals surface area contributed by atoms with Crippen molar-refractivity contribution in [3.63, 3.8) is 0 Å². The molecule has 3 rings (SSSR count). The van der Waals surface area contributed by atoms with Crippen LogP contribution in [0.3, 0.4) is 0 Å². The molecule has 0 aliphatic rings. The maximum Gasteiger partial charge on any atom is 0.319 e. The summed E-state index contributed by atoms with van der Waals surface area (Å²) in [5.74, 6) is 0. The third kappa shape index (κ3) is 4.61. The molecule has 0 aliphatic carbocycles. The van der Waals surface area contributed by atoms with E-state index in [1.54, 1.807) is 0 Å². The second kappa shape index (κ2) is 8.01. The molecule has 0 bridgehead atoms. The smallest absolute Gasteiger partial charge is 0.319 e. The number of amides is 2. The molecule has 0 aliphatic heterocycles.